The van der Waals surface area contributed by atoms with Crippen LogP contribution in [0.5, 0.6) is 0 Å². The fourth-order valence-corrected chi connectivity index (χ4v) is 3.42. The van der Waals surface area contributed by atoms with Crippen LogP contribution in [0.3, 0.4) is 0 Å². The molecule has 0 aliphatic heterocycles. The number of benzene rings is 1. The number of amides is 2. The number of rotatable bonds is 4. The van der Waals surface area contributed by atoms with Crippen molar-refractivity contribution in [3.63, 3.8) is 0 Å². The molecule has 2 amide bonds. The number of nitrogens with zero attached hydrogens (tertiary/aromatic N) is 2. The average Bonchev–Trinajstić information content (AvgIpc) is 2.92. The van der Waals surface area contributed by atoms with Gasteiger partial charge in [-0.1, -0.05) is 6.07 Å². The van der Waals surface area contributed by atoms with Crippen molar-refractivity contribution >= 4 is 34.8 Å². The highest BCUT2D eigenvalue weighted by molar-refractivity contribution is 6.17. The zero-order valence-corrected chi connectivity index (χ0v) is 13.9. The molecule has 1 aromatic heterocycles. The van der Waals surface area contributed by atoms with E-state index in [9.17, 15) is 9.59 Å². The van der Waals surface area contributed by atoms with Crippen molar-refractivity contribution < 1.29 is 9.59 Å². The third kappa shape index (κ3) is 2.60. The van der Waals surface area contributed by atoms with E-state index in [0.717, 1.165) is 27.7 Å². The van der Waals surface area contributed by atoms with Crippen LogP contribution in [0.25, 0.3) is 10.9 Å². The lowest BCUT2D eigenvalue weighted by Crippen LogP contribution is -2.56. The Morgan fingerprint density at radius 3 is 2.65 bits per heavy atom. The molecule has 0 bridgehead atoms. The number of likely N-dealkylation sites (N-methyl/N-ethyl adjacent to an activating group) is 1. The summed E-state index contributed by atoms with van der Waals surface area (Å²) in [6.45, 7) is 0. The van der Waals surface area contributed by atoms with Crippen LogP contribution in [0.1, 0.15) is 16.8 Å². The van der Waals surface area contributed by atoms with Crippen molar-refractivity contribution in [2.75, 3.05) is 14.1 Å². The van der Waals surface area contributed by atoms with E-state index < -0.39 is 5.54 Å². The van der Waals surface area contributed by atoms with Gasteiger partial charge in [0.25, 0.3) is 0 Å². The van der Waals surface area contributed by atoms with Crippen molar-refractivity contribution in [2.24, 2.45) is 0 Å². The number of carbonyl (C=O) groups is 2. The number of aromatic nitrogens is 1. The number of alkyl halides is 1. The van der Waals surface area contributed by atoms with Gasteiger partial charge in [0.2, 0.25) is 12.3 Å². The minimum atomic E-state index is -0.740. The molecule has 1 aliphatic carbocycles. The highest BCUT2D eigenvalue weighted by Gasteiger charge is 2.45. The molecule has 1 aliphatic rings. The van der Waals surface area contributed by atoms with Crippen molar-refractivity contribution in [3.8, 4) is 0 Å². The van der Waals surface area contributed by atoms with Gasteiger partial charge in [-0.2, -0.15) is 0 Å². The molecule has 1 heterocycles. The fraction of sp³-hybridized carbons (Fsp3) is 0.353. The fourth-order valence-electron chi connectivity index (χ4n) is 3.27. The Labute approximate surface area is 139 Å². The second-order valence-corrected chi connectivity index (χ2v) is 6.39. The molecule has 23 heavy (non-hydrogen) atoms. The predicted octanol–water partition coefficient (Wildman–Crippen LogP) is 1.65. The molecule has 1 atom stereocenters. The minimum absolute atomic E-state index is 0.271. The summed E-state index contributed by atoms with van der Waals surface area (Å²) in [5.41, 5.74) is 3.18. The molecule has 3 rings (SSSR count). The number of pyridine rings is 1. The molecular weight excluding hydrogens is 314 g/mol. The molecule has 0 radical (unpaired) electrons. The van der Waals surface area contributed by atoms with Gasteiger partial charge in [-0.3, -0.25) is 24.8 Å². The molecule has 0 saturated carbocycles. The van der Waals surface area contributed by atoms with E-state index in [4.69, 9.17) is 11.6 Å². The summed E-state index contributed by atoms with van der Waals surface area (Å²) in [5.74, 6) is 0.100. The first-order chi connectivity index (χ1) is 11.0. The van der Waals surface area contributed by atoms with Crippen LogP contribution in [0.4, 0.5) is 0 Å². The third-order valence-electron chi connectivity index (χ3n) is 4.64. The maximum atomic E-state index is 12.5. The van der Waals surface area contributed by atoms with Crippen molar-refractivity contribution in [1.82, 2.24) is 15.2 Å². The summed E-state index contributed by atoms with van der Waals surface area (Å²) < 4.78 is 0. The topological polar surface area (TPSA) is 62.3 Å². The number of nitrogens with one attached hydrogen (secondary N) is 1. The van der Waals surface area contributed by atoms with Crippen LogP contribution in [0.15, 0.2) is 24.3 Å². The SMILES string of the molecule is CN(C)[C@]1(C(=O)NC=O)Cc2cc3ccc(CCl)nc3cc2C1. The Bertz CT molecular complexity index is 791. The first-order valence-electron chi connectivity index (χ1n) is 7.39. The molecule has 6 heteroatoms. The van der Waals surface area contributed by atoms with Crippen LogP contribution >= 0.6 is 11.6 Å². The largest absolute Gasteiger partial charge is 0.297 e. The van der Waals surface area contributed by atoms with Gasteiger partial charge in [-0.15, -0.1) is 11.6 Å². The van der Waals surface area contributed by atoms with Crippen molar-refractivity contribution in [3.05, 3.63) is 41.1 Å². The average molecular weight is 332 g/mol. The van der Waals surface area contributed by atoms with Gasteiger partial charge in [0.15, 0.2) is 0 Å². The number of hydrogen-bond acceptors (Lipinski definition) is 4. The maximum absolute atomic E-state index is 12.5. The highest BCUT2D eigenvalue weighted by atomic mass is 35.5. The zero-order chi connectivity index (χ0) is 16.6. The van der Waals surface area contributed by atoms with Crippen LogP contribution in [-0.4, -0.2) is 41.8 Å². The van der Waals surface area contributed by atoms with E-state index in [1.54, 1.807) is 0 Å². The molecule has 120 valence electrons. The van der Waals surface area contributed by atoms with Gasteiger partial charge in [0.1, 0.15) is 5.54 Å². The lowest BCUT2D eigenvalue weighted by atomic mass is 9.93. The smallest absolute Gasteiger partial charge is 0.247 e. The molecule has 0 spiro atoms. The van der Waals surface area contributed by atoms with E-state index >= 15 is 0 Å². The lowest BCUT2D eigenvalue weighted by molar-refractivity contribution is -0.134. The summed E-state index contributed by atoms with van der Waals surface area (Å²) in [7, 11) is 3.72. The Morgan fingerprint density at radius 1 is 1.35 bits per heavy atom. The Balaban J connectivity index is 2.06. The van der Waals surface area contributed by atoms with Crippen LogP contribution < -0.4 is 5.32 Å². The Hall–Kier alpha value is -1.98. The quantitative estimate of drug-likeness (QED) is 0.683. The van der Waals surface area contributed by atoms with Gasteiger partial charge < -0.3 is 0 Å². The summed E-state index contributed by atoms with van der Waals surface area (Å²) in [6.07, 6.45) is 1.57. The van der Waals surface area contributed by atoms with E-state index in [-0.39, 0.29) is 5.91 Å². The lowest BCUT2D eigenvalue weighted by Gasteiger charge is -2.33. The predicted molar refractivity (Wildman–Crippen MR) is 89.3 cm³/mol. The first kappa shape index (κ1) is 15.9. The van der Waals surface area contributed by atoms with E-state index in [0.29, 0.717) is 25.1 Å². The molecule has 1 aromatic carbocycles. The summed E-state index contributed by atoms with van der Waals surface area (Å²) in [4.78, 5) is 29.6. The van der Waals surface area contributed by atoms with Gasteiger partial charge >= 0.3 is 0 Å². The highest BCUT2D eigenvalue weighted by Crippen LogP contribution is 2.36. The number of halogens is 1. The molecule has 5 nitrogen and oxygen atoms in total. The second-order valence-electron chi connectivity index (χ2n) is 6.12. The first-order valence-corrected chi connectivity index (χ1v) is 7.93. The molecule has 0 unspecified atom stereocenters. The van der Waals surface area contributed by atoms with Gasteiger partial charge in [0.05, 0.1) is 17.1 Å². The standard InChI is InChI=1S/C17H18ClN3O2/c1-21(2)17(16(23)19-10-22)7-12-5-11-3-4-14(9-18)20-15(11)6-13(12)8-17/h3-6,10H,7-9H2,1-2H3,(H,19,22,23)/t17-/m1/s1. The Morgan fingerprint density at radius 2 is 2.04 bits per heavy atom. The van der Waals surface area contributed by atoms with Crippen LogP contribution in [-0.2, 0) is 28.3 Å². The van der Waals surface area contributed by atoms with Crippen LogP contribution in [0.2, 0.25) is 0 Å². The monoisotopic (exact) mass is 331 g/mol. The number of hydrogen-bond donors (Lipinski definition) is 1. The Kier molecular flexibility index (Phi) is 4.08. The normalized spacial score (nSPS) is 19.8. The molecular formula is C17H18ClN3O2. The summed E-state index contributed by atoms with van der Waals surface area (Å²) >= 11 is 5.85. The second kappa shape index (κ2) is 5.91. The summed E-state index contributed by atoms with van der Waals surface area (Å²) in [6, 6.07) is 8.02. The molecule has 0 fully saturated rings. The van der Waals surface area contributed by atoms with Gasteiger partial charge in [0, 0.05) is 18.2 Å². The third-order valence-corrected chi connectivity index (χ3v) is 4.91. The number of imide groups is 1. The van der Waals surface area contributed by atoms with E-state index in [1.165, 1.54) is 0 Å². The maximum Gasteiger partial charge on any atom is 0.247 e. The van der Waals surface area contributed by atoms with Crippen molar-refractivity contribution in [1.29, 1.82) is 0 Å². The molecule has 0 saturated heterocycles. The van der Waals surface area contributed by atoms with Crippen LogP contribution in [0, 0.1) is 0 Å². The molecule has 2 aromatic rings. The van der Waals surface area contributed by atoms with Crippen molar-refractivity contribution in [2.45, 2.75) is 24.3 Å². The van der Waals surface area contributed by atoms with Gasteiger partial charge in [-0.05, 0) is 43.4 Å². The number of carbonyl (C=O) groups excluding carboxylic acids is 2. The summed E-state index contributed by atoms with van der Waals surface area (Å²) in [5, 5.41) is 3.34. The number of fused-ring (bicyclic) bond motifs is 2. The molecule has 1 N–H and O–H groups in total. The van der Waals surface area contributed by atoms with E-state index in [1.807, 2.05) is 37.2 Å². The zero-order valence-electron chi connectivity index (χ0n) is 13.1. The van der Waals surface area contributed by atoms with Gasteiger partial charge in [-0.25, -0.2) is 0 Å². The van der Waals surface area contributed by atoms with E-state index in [2.05, 4.69) is 16.4 Å². The minimum Gasteiger partial charge on any atom is -0.297 e.